The van der Waals surface area contributed by atoms with Gasteiger partial charge in [-0.3, -0.25) is 4.79 Å². The van der Waals surface area contributed by atoms with Crippen molar-refractivity contribution in [3.8, 4) is 0 Å². The third-order valence-corrected chi connectivity index (χ3v) is 1.99. The van der Waals surface area contributed by atoms with Crippen LogP contribution in [0.5, 0.6) is 0 Å². The molecular formula is C12H22O3. The van der Waals surface area contributed by atoms with Crippen LogP contribution in [0.1, 0.15) is 34.6 Å². The molecule has 0 aliphatic carbocycles. The summed E-state index contributed by atoms with van der Waals surface area (Å²) >= 11 is 0. The highest BCUT2D eigenvalue weighted by Crippen LogP contribution is 2.16. The zero-order valence-corrected chi connectivity index (χ0v) is 10.3. The molecule has 0 bridgehead atoms. The van der Waals surface area contributed by atoms with Gasteiger partial charge in [0.05, 0.1) is 18.1 Å². The summed E-state index contributed by atoms with van der Waals surface area (Å²) in [7, 11) is 0. The molecule has 0 rings (SSSR count). The van der Waals surface area contributed by atoms with Crippen LogP contribution in [-0.4, -0.2) is 23.3 Å². The molecule has 0 heterocycles. The molecule has 0 amide bonds. The van der Waals surface area contributed by atoms with Gasteiger partial charge in [-0.1, -0.05) is 26.0 Å². The Hall–Kier alpha value is -0.830. The molecule has 0 aliphatic heterocycles. The standard InChI is InChI=1S/C12H22O3/c1-6-15-11(13)10(9(2)3)7-8-12(4,5)14/h7-10,14H,6H2,1-5H3/b8-7+. The first-order valence-corrected chi connectivity index (χ1v) is 5.36. The van der Waals surface area contributed by atoms with Crippen LogP contribution in [0.15, 0.2) is 12.2 Å². The molecule has 0 radical (unpaired) electrons. The van der Waals surface area contributed by atoms with Crippen molar-refractivity contribution < 1.29 is 14.6 Å². The maximum absolute atomic E-state index is 11.5. The fraction of sp³-hybridized carbons (Fsp3) is 0.750. The van der Waals surface area contributed by atoms with E-state index in [-0.39, 0.29) is 17.8 Å². The van der Waals surface area contributed by atoms with Gasteiger partial charge in [-0.25, -0.2) is 0 Å². The summed E-state index contributed by atoms with van der Waals surface area (Å²) < 4.78 is 4.96. The lowest BCUT2D eigenvalue weighted by Crippen LogP contribution is -2.22. The smallest absolute Gasteiger partial charge is 0.313 e. The average molecular weight is 214 g/mol. The highest BCUT2D eigenvalue weighted by atomic mass is 16.5. The quantitative estimate of drug-likeness (QED) is 0.563. The molecule has 1 unspecified atom stereocenters. The number of hydrogen-bond acceptors (Lipinski definition) is 3. The molecule has 0 fully saturated rings. The molecule has 0 spiro atoms. The van der Waals surface area contributed by atoms with Crippen molar-refractivity contribution in [2.24, 2.45) is 11.8 Å². The number of aliphatic hydroxyl groups is 1. The van der Waals surface area contributed by atoms with Crippen LogP contribution in [0.4, 0.5) is 0 Å². The number of carbonyl (C=O) groups excluding carboxylic acids is 1. The second-order valence-corrected chi connectivity index (χ2v) is 4.53. The highest BCUT2D eigenvalue weighted by Gasteiger charge is 2.21. The van der Waals surface area contributed by atoms with Crippen LogP contribution in [0.25, 0.3) is 0 Å². The van der Waals surface area contributed by atoms with E-state index >= 15 is 0 Å². The van der Waals surface area contributed by atoms with E-state index in [2.05, 4.69) is 0 Å². The zero-order chi connectivity index (χ0) is 12.1. The zero-order valence-electron chi connectivity index (χ0n) is 10.3. The monoisotopic (exact) mass is 214 g/mol. The third kappa shape index (κ3) is 6.28. The van der Waals surface area contributed by atoms with Crippen molar-refractivity contribution in [2.45, 2.75) is 40.2 Å². The average Bonchev–Trinajstić information content (AvgIpc) is 2.01. The van der Waals surface area contributed by atoms with Crippen molar-refractivity contribution in [1.29, 1.82) is 0 Å². The molecule has 0 saturated heterocycles. The van der Waals surface area contributed by atoms with Crippen molar-refractivity contribution >= 4 is 5.97 Å². The van der Waals surface area contributed by atoms with Crippen LogP contribution in [-0.2, 0) is 9.53 Å². The number of hydrogen-bond donors (Lipinski definition) is 1. The molecule has 0 aromatic heterocycles. The minimum Gasteiger partial charge on any atom is -0.466 e. The lowest BCUT2D eigenvalue weighted by Gasteiger charge is -2.17. The van der Waals surface area contributed by atoms with E-state index in [0.29, 0.717) is 6.61 Å². The number of rotatable bonds is 5. The Morgan fingerprint density at radius 1 is 1.47 bits per heavy atom. The molecule has 1 atom stereocenters. The van der Waals surface area contributed by atoms with E-state index in [0.717, 1.165) is 0 Å². The molecule has 1 N–H and O–H groups in total. The topological polar surface area (TPSA) is 46.5 Å². The molecule has 0 saturated carbocycles. The first-order valence-electron chi connectivity index (χ1n) is 5.36. The van der Waals surface area contributed by atoms with Gasteiger partial charge in [-0.05, 0) is 26.7 Å². The Bertz CT molecular complexity index is 224. The maximum atomic E-state index is 11.5. The summed E-state index contributed by atoms with van der Waals surface area (Å²) in [4.78, 5) is 11.5. The minimum absolute atomic E-state index is 0.169. The highest BCUT2D eigenvalue weighted by molar-refractivity contribution is 5.74. The molecular weight excluding hydrogens is 192 g/mol. The van der Waals surface area contributed by atoms with E-state index in [1.807, 2.05) is 13.8 Å². The lowest BCUT2D eigenvalue weighted by atomic mass is 9.93. The van der Waals surface area contributed by atoms with Gasteiger partial charge in [0.1, 0.15) is 0 Å². The largest absolute Gasteiger partial charge is 0.466 e. The summed E-state index contributed by atoms with van der Waals surface area (Å²) in [6.45, 7) is 9.43. The normalized spacial score (nSPS) is 14.6. The summed E-state index contributed by atoms with van der Waals surface area (Å²) in [6, 6.07) is 0. The van der Waals surface area contributed by atoms with Crippen molar-refractivity contribution in [1.82, 2.24) is 0 Å². The first-order chi connectivity index (χ1) is 6.78. The molecule has 3 nitrogen and oxygen atoms in total. The summed E-state index contributed by atoms with van der Waals surface area (Å²) in [5.74, 6) is -0.341. The molecule has 0 aromatic carbocycles. The Morgan fingerprint density at radius 3 is 2.33 bits per heavy atom. The molecule has 88 valence electrons. The summed E-state index contributed by atoms with van der Waals surface area (Å²) in [5.41, 5.74) is -0.889. The van der Waals surface area contributed by atoms with Gasteiger partial charge >= 0.3 is 5.97 Å². The predicted octanol–water partition coefficient (Wildman–Crippen LogP) is 2.15. The van der Waals surface area contributed by atoms with Gasteiger partial charge in [0, 0.05) is 0 Å². The Labute approximate surface area is 92.1 Å². The number of esters is 1. The van der Waals surface area contributed by atoms with Gasteiger partial charge in [0.25, 0.3) is 0 Å². The summed E-state index contributed by atoms with van der Waals surface area (Å²) in [5, 5.41) is 9.52. The minimum atomic E-state index is -0.889. The second kappa shape index (κ2) is 5.91. The summed E-state index contributed by atoms with van der Waals surface area (Å²) in [6.07, 6.45) is 3.36. The van der Waals surface area contributed by atoms with Crippen LogP contribution < -0.4 is 0 Å². The van der Waals surface area contributed by atoms with E-state index in [1.165, 1.54) is 0 Å². The fourth-order valence-electron chi connectivity index (χ4n) is 1.15. The van der Waals surface area contributed by atoms with Crippen molar-refractivity contribution in [2.75, 3.05) is 6.61 Å². The Kier molecular flexibility index (Phi) is 5.58. The van der Waals surface area contributed by atoms with Gasteiger partial charge in [-0.2, -0.15) is 0 Å². The van der Waals surface area contributed by atoms with E-state index in [4.69, 9.17) is 4.74 Å². The molecule has 0 aromatic rings. The van der Waals surface area contributed by atoms with Gasteiger partial charge < -0.3 is 9.84 Å². The van der Waals surface area contributed by atoms with Crippen LogP contribution in [0.2, 0.25) is 0 Å². The van der Waals surface area contributed by atoms with Gasteiger partial charge in [0.15, 0.2) is 0 Å². The van der Waals surface area contributed by atoms with E-state index in [9.17, 15) is 9.90 Å². The molecule has 0 aliphatic rings. The van der Waals surface area contributed by atoms with Crippen LogP contribution >= 0.6 is 0 Å². The second-order valence-electron chi connectivity index (χ2n) is 4.53. The van der Waals surface area contributed by atoms with Gasteiger partial charge in [-0.15, -0.1) is 0 Å². The first kappa shape index (κ1) is 14.2. The van der Waals surface area contributed by atoms with Crippen LogP contribution in [0, 0.1) is 11.8 Å². The maximum Gasteiger partial charge on any atom is 0.313 e. The van der Waals surface area contributed by atoms with E-state index in [1.54, 1.807) is 32.9 Å². The Balaban J connectivity index is 4.55. The number of carbonyl (C=O) groups is 1. The fourth-order valence-corrected chi connectivity index (χ4v) is 1.15. The SMILES string of the molecule is CCOC(=O)C(/C=C/C(C)(C)O)C(C)C. The Morgan fingerprint density at radius 2 is 2.00 bits per heavy atom. The number of ether oxygens (including phenoxy) is 1. The predicted molar refractivity (Wildman–Crippen MR) is 60.4 cm³/mol. The molecule has 15 heavy (non-hydrogen) atoms. The van der Waals surface area contributed by atoms with Crippen LogP contribution in [0.3, 0.4) is 0 Å². The van der Waals surface area contributed by atoms with E-state index < -0.39 is 5.60 Å². The van der Waals surface area contributed by atoms with Gasteiger partial charge in [0.2, 0.25) is 0 Å². The third-order valence-electron chi connectivity index (χ3n) is 1.99. The van der Waals surface area contributed by atoms with Crippen molar-refractivity contribution in [3.05, 3.63) is 12.2 Å². The van der Waals surface area contributed by atoms with Crippen molar-refractivity contribution in [3.63, 3.8) is 0 Å². The lowest BCUT2D eigenvalue weighted by molar-refractivity contribution is -0.147. The molecule has 3 heteroatoms.